The molecule has 0 N–H and O–H groups in total. The van der Waals surface area contributed by atoms with Gasteiger partial charge in [0, 0.05) is 50.7 Å². The van der Waals surface area contributed by atoms with E-state index in [0.29, 0.717) is 11.1 Å². The summed E-state index contributed by atoms with van der Waals surface area (Å²) in [6.45, 7) is 4.72. The van der Waals surface area contributed by atoms with Crippen LogP contribution in [-0.2, 0) is 5.41 Å². The van der Waals surface area contributed by atoms with Gasteiger partial charge in [0.1, 0.15) is 11.0 Å². The summed E-state index contributed by atoms with van der Waals surface area (Å²) >= 11 is 0. The van der Waals surface area contributed by atoms with Gasteiger partial charge in [0.2, 0.25) is 0 Å². The van der Waals surface area contributed by atoms with Gasteiger partial charge in [0.05, 0.1) is 79.1 Å². The zero-order valence-corrected chi connectivity index (χ0v) is 49.3. The molecular formula is C83H48N8. The van der Waals surface area contributed by atoms with Crippen LogP contribution in [0.25, 0.3) is 160 Å². The van der Waals surface area contributed by atoms with E-state index < -0.39 is 0 Å². The van der Waals surface area contributed by atoms with Gasteiger partial charge in [-0.3, -0.25) is 9.97 Å². The van der Waals surface area contributed by atoms with E-state index in [0.717, 1.165) is 127 Å². The molecule has 17 aromatic rings. The minimum absolute atomic E-state index is 0.295. The fourth-order valence-electron chi connectivity index (χ4n) is 16.3. The number of nitrogens with zero attached hydrogens (tertiary/aromatic N) is 8. The topological polar surface area (TPSA) is 91.4 Å². The van der Waals surface area contributed by atoms with Gasteiger partial charge in [-0.05, 0) is 216 Å². The average molecular weight is 1160 g/mol. The van der Waals surface area contributed by atoms with Crippen LogP contribution >= 0.6 is 0 Å². The lowest BCUT2D eigenvalue weighted by atomic mass is 9.73. The molecule has 0 fully saturated rings. The number of hydrogen-bond acceptors (Lipinski definition) is 5. The molecule has 3 aliphatic rings. The lowest BCUT2D eigenvalue weighted by Gasteiger charge is -2.42. The Bertz CT molecular complexity index is 6180. The molecule has 0 saturated carbocycles. The number of para-hydroxylation sites is 4. The molecular weight excluding hydrogens is 1110 g/mol. The number of aromatic nitrogens is 5. The van der Waals surface area contributed by atoms with Crippen LogP contribution in [0, 0.1) is 22.7 Å². The Morgan fingerprint density at radius 1 is 0.330 bits per heavy atom. The summed E-state index contributed by atoms with van der Waals surface area (Å²) in [6.07, 6.45) is 3.70. The first kappa shape index (κ1) is 49.7. The summed E-state index contributed by atoms with van der Waals surface area (Å²) in [5, 5.41) is 29.9. The highest BCUT2D eigenvalue weighted by Crippen LogP contribution is 2.57. The van der Waals surface area contributed by atoms with E-state index in [2.05, 4.69) is 251 Å². The first-order valence-electron chi connectivity index (χ1n) is 30.9. The van der Waals surface area contributed by atoms with Crippen molar-refractivity contribution in [2.24, 2.45) is 0 Å². The highest BCUT2D eigenvalue weighted by Gasteiger charge is 2.38. The van der Waals surface area contributed by atoms with E-state index in [9.17, 15) is 10.5 Å². The van der Waals surface area contributed by atoms with Crippen LogP contribution in [0.3, 0.4) is 0 Å². The molecule has 12 aromatic carbocycles. The van der Waals surface area contributed by atoms with Crippen molar-refractivity contribution in [3.8, 4) is 84.8 Å². The van der Waals surface area contributed by atoms with E-state index in [1.807, 2.05) is 48.8 Å². The molecule has 20 rings (SSSR count). The smallest absolute Gasteiger partial charge is 0.115 e. The minimum atomic E-state index is -0.295. The Morgan fingerprint density at radius 3 is 1.52 bits per heavy atom. The lowest BCUT2D eigenvalue weighted by Crippen LogP contribution is -2.30. The van der Waals surface area contributed by atoms with Gasteiger partial charge in [-0.15, -0.1) is 0 Å². The summed E-state index contributed by atoms with van der Waals surface area (Å²) in [5.41, 5.74) is 29.3. The van der Waals surface area contributed by atoms with Crippen LogP contribution < -0.4 is 4.90 Å². The average Bonchev–Trinajstić information content (AvgIpc) is 1.64. The molecule has 0 saturated heterocycles. The normalized spacial score (nSPS) is 13.2. The molecule has 0 unspecified atom stereocenters. The molecule has 6 heterocycles. The van der Waals surface area contributed by atoms with Gasteiger partial charge >= 0.3 is 0 Å². The summed E-state index contributed by atoms with van der Waals surface area (Å²) < 4.78 is 7.18. The van der Waals surface area contributed by atoms with Crippen molar-refractivity contribution in [1.29, 1.82) is 10.5 Å². The monoisotopic (exact) mass is 1160 g/mol. The van der Waals surface area contributed by atoms with Gasteiger partial charge in [-0.25, -0.2) is 0 Å². The molecule has 2 aliphatic carbocycles. The van der Waals surface area contributed by atoms with Crippen LogP contribution in [-0.4, -0.2) is 23.7 Å². The van der Waals surface area contributed by atoms with Crippen molar-refractivity contribution < 1.29 is 0 Å². The highest BCUT2D eigenvalue weighted by molar-refractivity contribution is 6.20. The molecule has 0 bridgehead atoms. The maximum absolute atomic E-state index is 10.4. The van der Waals surface area contributed by atoms with Crippen LogP contribution in [0.2, 0.25) is 0 Å². The Balaban J connectivity index is 0.766. The summed E-state index contributed by atoms with van der Waals surface area (Å²) in [7, 11) is 0. The summed E-state index contributed by atoms with van der Waals surface area (Å²) in [5.74, 6) is 0. The fraction of sp³-hybridized carbons (Fsp3) is 0.0361. The quantitative estimate of drug-likeness (QED) is 0.171. The molecule has 8 nitrogen and oxygen atoms in total. The Labute approximate surface area is 521 Å². The first-order chi connectivity index (χ1) is 44.8. The van der Waals surface area contributed by atoms with E-state index in [-0.39, 0.29) is 5.41 Å². The molecule has 0 spiro atoms. The van der Waals surface area contributed by atoms with Gasteiger partial charge in [-0.2, -0.15) is 10.5 Å². The first-order valence-corrected chi connectivity index (χ1v) is 30.9. The van der Waals surface area contributed by atoms with Crippen LogP contribution in [0.5, 0.6) is 0 Å². The fourth-order valence-corrected chi connectivity index (χ4v) is 16.3. The maximum atomic E-state index is 10.4. The van der Waals surface area contributed by atoms with Crippen molar-refractivity contribution in [2.75, 3.05) is 4.90 Å². The molecule has 420 valence electrons. The van der Waals surface area contributed by atoms with Gasteiger partial charge in [0.25, 0.3) is 0 Å². The number of benzene rings is 12. The maximum Gasteiger partial charge on any atom is 0.115 e. The molecule has 1 aliphatic heterocycles. The van der Waals surface area contributed by atoms with Crippen LogP contribution in [0.1, 0.15) is 36.1 Å². The molecule has 91 heavy (non-hydrogen) atoms. The Hall–Kier alpha value is -12.4. The number of fused-ring (bicyclic) bond motifs is 17. The third-order valence-electron chi connectivity index (χ3n) is 20.1. The summed E-state index contributed by atoms with van der Waals surface area (Å²) in [6, 6.07) is 93.4. The third-order valence-corrected chi connectivity index (χ3v) is 20.1. The van der Waals surface area contributed by atoms with E-state index in [1.54, 1.807) is 0 Å². The standard InChI is InChI=1S/C83H48N8/c1-83(2)67-19-6-10-23-73(67)88(53-28-29-55-60(41-53)59-18-11-14-51-38-54(42-66(55)79(51)59)89-74-24-12-32-86-81(74)82-75(89)25-13-33-87-82)76-40-50(26-30-68(76)83)49-27-31-72-63(39-49)58-17-5-9-22-71(58)91(72)78-44-62-61(64-36-47(45-84)34-52-35-48(46-85)37-65(62)80(52)64)43-77(78)90-69-20-7-3-15-56(69)57-16-4-8-21-70(57)90/h3-44H,1-2H3. The van der Waals surface area contributed by atoms with Crippen molar-refractivity contribution in [3.63, 3.8) is 0 Å². The van der Waals surface area contributed by atoms with Gasteiger partial charge < -0.3 is 18.6 Å². The summed E-state index contributed by atoms with van der Waals surface area (Å²) in [4.78, 5) is 12.1. The molecule has 0 atom stereocenters. The number of rotatable bonds is 5. The SMILES string of the molecule is CC1(C)c2ccccc2N(c2ccc3c(c2)-c2cccc4cc(-n5c6cccnc6c6ncccc65)cc-3c24)c2cc(-c3ccc4c(c3)c3ccccc3n4-c3cc4c(cc3-n3c5ccccc5c5ccccc53)-c3cc(C#N)cc5cc(C#N)cc-4c35)ccc21. The van der Waals surface area contributed by atoms with Gasteiger partial charge in [-0.1, -0.05) is 129 Å². The highest BCUT2D eigenvalue weighted by atomic mass is 15.2. The molecule has 5 aromatic heterocycles. The number of anilines is 3. The lowest BCUT2D eigenvalue weighted by molar-refractivity contribution is 0.632. The van der Waals surface area contributed by atoms with Crippen LogP contribution in [0.15, 0.2) is 255 Å². The van der Waals surface area contributed by atoms with E-state index in [1.165, 1.54) is 60.6 Å². The second kappa shape index (κ2) is 17.9. The Kier molecular flexibility index (Phi) is 9.78. The van der Waals surface area contributed by atoms with E-state index in [4.69, 9.17) is 9.97 Å². The number of nitriles is 2. The largest absolute Gasteiger partial charge is 0.310 e. The second-order valence-corrected chi connectivity index (χ2v) is 25.1. The predicted molar refractivity (Wildman–Crippen MR) is 371 cm³/mol. The zero-order valence-electron chi connectivity index (χ0n) is 49.3. The zero-order chi connectivity index (χ0) is 60.1. The second-order valence-electron chi connectivity index (χ2n) is 25.1. The van der Waals surface area contributed by atoms with E-state index >= 15 is 0 Å². The molecule has 8 heteroatoms. The molecule has 0 amide bonds. The van der Waals surface area contributed by atoms with Crippen LogP contribution in [0.4, 0.5) is 17.1 Å². The van der Waals surface area contributed by atoms with Gasteiger partial charge in [0.15, 0.2) is 0 Å². The third kappa shape index (κ3) is 6.64. The van der Waals surface area contributed by atoms with Crippen molar-refractivity contribution in [2.45, 2.75) is 19.3 Å². The predicted octanol–water partition coefficient (Wildman–Crippen LogP) is 20.9. The van der Waals surface area contributed by atoms with Crippen molar-refractivity contribution in [1.82, 2.24) is 23.7 Å². The number of pyridine rings is 2. The van der Waals surface area contributed by atoms with Crippen molar-refractivity contribution >= 4 is 104 Å². The van der Waals surface area contributed by atoms with Crippen molar-refractivity contribution in [3.05, 3.63) is 277 Å². The number of hydrogen-bond donors (Lipinski definition) is 0. The minimum Gasteiger partial charge on any atom is -0.310 e. The Morgan fingerprint density at radius 2 is 0.857 bits per heavy atom. The molecule has 0 radical (unpaired) electrons.